The predicted molar refractivity (Wildman–Crippen MR) is 53.7 cm³/mol. The molecule has 0 amide bonds. The Bertz CT molecular complexity index is 425. The van der Waals surface area contributed by atoms with Gasteiger partial charge in [0.15, 0.2) is 0 Å². The number of phenols is 1. The van der Waals surface area contributed by atoms with Gasteiger partial charge in [-0.15, -0.1) is 0 Å². The molecule has 0 unspecified atom stereocenters. The van der Waals surface area contributed by atoms with Crippen molar-refractivity contribution in [1.29, 1.82) is 0 Å². The Hall–Kier alpha value is -1.29. The number of benzene rings is 1. The Morgan fingerprint density at radius 3 is 2.77 bits per heavy atom. The molecule has 0 fully saturated rings. The van der Waals surface area contributed by atoms with E-state index in [1.54, 1.807) is 28.1 Å². The number of nitrogens with zero attached hydrogens (tertiary/aromatic N) is 2. The average molecular weight is 239 g/mol. The summed E-state index contributed by atoms with van der Waals surface area (Å²) in [7, 11) is 0. The molecule has 1 heterocycles. The fourth-order valence-corrected chi connectivity index (χ4v) is 1.41. The van der Waals surface area contributed by atoms with Crippen LogP contribution in [0.5, 0.6) is 5.75 Å². The molecule has 66 valence electrons. The Morgan fingerprint density at radius 1 is 1.31 bits per heavy atom. The molecule has 1 aromatic heterocycles. The SMILES string of the molecule is Oc1cccc(-c2ccn(Br)n2)c1. The number of aromatic hydroxyl groups is 1. The molecule has 0 atom stereocenters. The lowest BCUT2D eigenvalue weighted by atomic mass is 10.1. The van der Waals surface area contributed by atoms with Gasteiger partial charge in [-0.3, -0.25) is 0 Å². The highest BCUT2D eigenvalue weighted by Gasteiger charge is 2.01. The molecule has 1 aromatic carbocycles. The summed E-state index contributed by atoms with van der Waals surface area (Å²) in [5.41, 5.74) is 1.73. The first kappa shape index (κ1) is 8.31. The minimum atomic E-state index is 0.252. The molecule has 2 rings (SSSR count). The van der Waals surface area contributed by atoms with Gasteiger partial charge >= 0.3 is 0 Å². The lowest BCUT2D eigenvalue weighted by Crippen LogP contribution is -1.81. The van der Waals surface area contributed by atoms with Gasteiger partial charge in [-0.1, -0.05) is 12.1 Å². The predicted octanol–water partition coefficient (Wildman–Crippen LogP) is 2.41. The second-order valence-electron chi connectivity index (χ2n) is 2.64. The summed E-state index contributed by atoms with van der Waals surface area (Å²) < 4.78 is 1.55. The van der Waals surface area contributed by atoms with Crippen molar-refractivity contribution < 1.29 is 5.11 Å². The molecule has 0 spiro atoms. The molecule has 0 aliphatic heterocycles. The van der Waals surface area contributed by atoms with Crippen molar-refractivity contribution in [2.24, 2.45) is 0 Å². The highest BCUT2D eigenvalue weighted by atomic mass is 79.9. The maximum absolute atomic E-state index is 9.23. The quantitative estimate of drug-likeness (QED) is 0.829. The maximum atomic E-state index is 9.23. The van der Waals surface area contributed by atoms with Crippen molar-refractivity contribution in [3.63, 3.8) is 0 Å². The lowest BCUT2D eigenvalue weighted by Gasteiger charge is -1.96. The van der Waals surface area contributed by atoms with E-state index >= 15 is 0 Å². The summed E-state index contributed by atoms with van der Waals surface area (Å²) in [5.74, 6) is 0.252. The van der Waals surface area contributed by atoms with E-state index in [1.165, 1.54) is 0 Å². The number of aromatic nitrogens is 2. The van der Waals surface area contributed by atoms with Crippen molar-refractivity contribution in [3.8, 4) is 17.0 Å². The summed E-state index contributed by atoms with van der Waals surface area (Å²) in [6.45, 7) is 0. The number of hydrogen-bond donors (Lipinski definition) is 1. The monoisotopic (exact) mass is 238 g/mol. The van der Waals surface area contributed by atoms with E-state index in [9.17, 15) is 5.11 Å². The second kappa shape index (κ2) is 3.22. The molecule has 4 heteroatoms. The first-order valence-corrected chi connectivity index (χ1v) is 4.48. The third-order valence-corrected chi connectivity index (χ3v) is 2.10. The highest BCUT2D eigenvalue weighted by Crippen LogP contribution is 2.21. The average Bonchev–Trinajstić information content (AvgIpc) is 2.52. The maximum Gasteiger partial charge on any atom is 0.116 e. The molecule has 0 bridgehead atoms. The van der Waals surface area contributed by atoms with Gasteiger partial charge in [0.25, 0.3) is 0 Å². The second-order valence-corrected chi connectivity index (χ2v) is 3.37. The van der Waals surface area contributed by atoms with Gasteiger partial charge in [0.05, 0.1) is 21.8 Å². The third-order valence-electron chi connectivity index (χ3n) is 1.70. The molecule has 3 nitrogen and oxygen atoms in total. The zero-order valence-corrected chi connectivity index (χ0v) is 8.27. The standard InChI is InChI=1S/C9H7BrN2O/c10-12-5-4-9(11-12)7-2-1-3-8(13)6-7/h1-6,13H. The van der Waals surface area contributed by atoms with Crippen LogP contribution < -0.4 is 0 Å². The molecule has 0 radical (unpaired) electrons. The van der Waals surface area contributed by atoms with Gasteiger partial charge in [0.2, 0.25) is 0 Å². The minimum Gasteiger partial charge on any atom is -0.508 e. The fraction of sp³-hybridized carbons (Fsp3) is 0. The molecule has 0 aliphatic carbocycles. The lowest BCUT2D eigenvalue weighted by molar-refractivity contribution is 0.475. The zero-order chi connectivity index (χ0) is 9.26. The molecule has 0 aliphatic rings. The Balaban J connectivity index is 2.46. The molecular weight excluding hydrogens is 232 g/mol. The van der Waals surface area contributed by atoms with Crippen LogP contribution in [-0.4, -0.2) is 13.9 Å². The molecular formula is C9H7BrN2O. The summed E-state index contributed by atoms with van der Waals surface area (Å²) in [6, 6.07) is 8.86. The van der Waals surface area contributed by atoms with Crippen molar-refractivity contribution in [1.82, 2.24) is 8.81 Å². The van der Waals surface area contributed by atoms with Crippen LogP contribution in [0.2, 0.25) is 0 Å². The van der Waals surface area contributed by atoms with Crippen molar-refractivity contribution in [3.05, 3.63) is 36.5 Å². The van der Waals surface area contributed by atoms with Crippen molar-refractivity contribution in [2.45, 2.75) is 0 Å². The van der Waals surface area contributed by atoms with Crippen LogP contribution in [0.4, 0.5) is 0 Å². The van der Waals surface area contributed by atoms with Gasteiger partial charge in [-0.2, -0.15) is 5.10 Å². The number of hydrogen-bond acceptors (Lipinski definition) is 2. The van der Waals surface area contributed by atoms with Gasteiger partial charge in [-0.05, 0) is 18.2 Å². The normalized spacial score (nSPS) is 10.2. The van der Waals surface area contributed by atoms with E-state index in [1.807, 2.05) is 12.1 Å². The van der Waals surface area contributed by atoms with Gasteiger partial charge in [0.1, 0.15) is 5.75 Å². The van der Waals surface area contributed by atoms with E-state index in [-0.39, 0.29) is 5.75 Å². The molecule has 0 saturated carbocycles. The van der Waals surface area contributed by atoms with Crippen LogP contribution in [0, 0.1) is 0 Å². The van der Waals surface area contributed by atoms with E-state index in [0.717, 1.165) is 11.3 Å². The summed E-state index contributed by atoms with van der Waals surface area (Å²) in [6.07, 6.45) is 1.79. The Kier molecular flexibility index (Phi) is 2.06. The molecule has 13 heavy (non-hydrogen) atoms. The fourth-order valence-electron chi connectivity index (χ4n) is 1.12. The van der Waals surface area contributed by atoms with Gasteiger partial charge < -0.3 is 5.11 Å². The summed E-state index contributed by atoms with van der Waals surface area (Å²) in [5, 5.41) is 13.4. The van der Waals surface area contributed by atoms with Crippen LogP contribution in [0.25, 0.3) is 11.3 Å². The first-order chi connectivity index (χ1) is 6.25. The van der Waals surface area contributed by atoms with E-state index in [4.69, 9.17) is 0 Å². The van der Waals surface area contributed by atoms with Crippen LogP contribution in [0.1, 0.15) is 0 Å². The van der Waals surface area contributed by atoms with Crippen LogP contribution in [0.3, 0.4) is 0 Å². The number of halogens is 1. The molecule has 0 saturated heterocycles. The minimum absolute atomic E-state index is 0.252. The first-order valence-electron chi connectivity index (χ1n) is 3.77. The van der Waals surface area contributed by atoms with Crippen molar-refractivity contribution in [2.75, 3.05) is 0 Å². The summed E-state index contributed by atoms with van der Waals surface area (Å²) in [4.78, 5) is 0. The highest BCUT2D eigenvalue weighted by molar-refractivity contribution is 9.08. The third kappa shape index (κ3) is 1.72. The van der Waals surface area contributed by atoms with Crippen LogP contribution in [-0.2, 0) is 0 Å². The number of rotatable bonds is 1. The van der Waals surface area contributed by atoms with Gasteiger partial charge in [0, 0.05) is 11.8 Å². The largest absolute Gasteiger partial charge is 0.508 e. The summed E-state index contributed by atoms with van der Waals surface area (Å²) >= 11 is 3.19. The number of phenolic OH excluding ortho intramolecular Hbond substituents is 1. The Morgan fingerprint density at radius 2 is 2.15 bits per heavy atom. The van der Waals surface area contributed by atoms with Crippen LogP contribution >= 0.6 is 16.1 Å². The van der Waals surface area contributed by atoms with E-state index < -0.39 is 0 Å². The molecule has 2 aromatic rings. The van der Waals surface area contributed by atoms with E-state index in [2.05, 4.69) is 21.2 Å². The zero-order valence-electron chi connectivity index (χ0n) is 6.68. The van der Waals surface area contributed by atoms with Crippen LogP contribution in [0.15, 0.2) is 36.5 Å². The topological polar surface area (TPSA) is 38.0 Å². The smallest absolute Gasteiger partial charge is 0.116 e. The molecule has 1 N–H and O–H groups in total. The Labute approximate surface area is 84.0 Å². The van der Waals surface area contributed by atoms with E-state index in [0.29, 0.717) is 0 Å². The van der Waals surface area contributed by atoms with Crippen molar-refractivity contribution >= 4 is 16.1 Å². The van der Waals surface area contributed by atoms with Gasteiger partial charge in [-0.25, -0.2) is 3.71 Å².